The molecular weight excluding hydrogens is 334 g/mol. The van der Waals surface area contributed by atoms with Crippen LogP contribution in [0.1, 0.15) is 11.1 Å². The van der Waals surface area contributed by atoms with Gasteiger partial charge in [-0.3, -0.25) is 4.79 Å². The van der Waals surface area contributed by atoms with Gasteiger partial charge in [-0.25, -0.2) is 5.43 Å². The first-order valence-corrected chi connectivity index (χ1v) is 7.94. The minimum absolute atomic E-state index is 0.0594. The quantitative estimate of drug-likeness (QED) is 0.469. The molecule has 0 unspecified atom stereocenters. The fourth-order valence-corrected chi connectivity index (χ4v) is 2.66. The first-order chi connectivity index (χ1) is 12.6. The highest BCUT2D eigenvalue weighted by Crippen LogP contribution is 2.31. The van der Waals surface area contributed by atoms with E-state index in [1.807, 2.05) is 30.5 Å². The Morgan fingerprint density at radius 3 is 2.85 bits per heavy atom. The van der Waals surface area contributed by atoms with Gasteiger partial charge in [0, 0.05) is 29.2 Å². The Kier molecular flexibility index (Phi) is 5.07. The maximum atomic E-state index is 12.1. The molecule has 7 heteroatoms. The number of para-hydroxylation sites is 1. The number of ether oxygens (including phenoxy) is 2. The molecule has 1 heterocycles. The summed E-state index contributed by atoms with van der Waals surface area (Å²) in [6.07, 6.45) is 3.33. The zero-order valence-corrected chi connectivity index (χ0v) is 14.4. The van der Waals surface area contributed by atoms with Gasteiger partial charge in [-0.1, -0.05) is 18.2 Å². The van der Waals surface area contributed by atoms with Gasteiger partial charge in [-0.2, -0.15) is 5.10 Å². The molecule has 3 rings (SSSR count). The average molecular weight is 353 g/mol. The lowest BCUT2D eigenvalue weighted by Gasteiger charge is -2.09. The topological polar surface area (TPSA) is 95.9 Å². The molecule has 0 saturated heterocycles. The Morgan fingerprint density at radius 1 is 1.27 bits per heavy atom. The van der Waals surface area contributed by atoms with E-state index in [0.29, 0.717) is 17.1 Å². The van der Waals surface area contributed by atoms with E-state index in [1.165, 1.54) is 26.5 Å². The normalized spacial score (nSPS) is 11.0. The number of phenolic OH excluding ortho intramolecular Hbond substituents is 1. The molecule has 134 valence electrons. The number of hydrogen-bond donors (Lipinski definition) is 3. The number of hydrogen-bond acceptors (Lipinski definition) is 5. The Labute approximate surface area is 150 Å². The largest absolute Gasteiger partial charge is 0.507 e. The molecule has 1 amide bonds. The van der Waals surface area contributed by atoms with Crippen LogP contribution < -0.4 is 14.9 Å². The first kappa shape index (κ1) is 17.3. The highest BCUT2D eigenvalue weighted by Gasteiger charge is 2.11. The molecule has 3 N–H and O–H groups in total. The smallest absolute Gasteiger partial charge is 0.244 e. The van der Waals surface area contributed by atoms with Gasteiger partial charge in [0.05, 0.1) is 32.4 Å². The van der Waals surface area contributed by atoms with Crippen molar-refractivity contribution in [1.82, 2.24) is 10.4 Å². The van der Waals surface area contributed by atoms with Crippen LogP contribution in [-0.4, -0.2) is 36.4 Å². The highest BCUT2D eigenvalue weighted by molar-refractivity contribution is 5.91. The standard InChI is InChI=1S/C19H19N3O4/c1-25-13-8-17(23)15(18(9-13)26-2)11-21-22-19(24)7-12-10-20-16-6-4-3-5-14(12)16/h3-6,8-11,20,23H,7H2,1-2H3,(H,22,24)/b21-11+. The molecular formula is C19H19N3O4. The number of H-pyrrole nitrogens is 1. The van der Waals surface area contributed by atoms with Crippen molar-refractivity contribution < 1.29 is 19.4 Å². The van der Waals surface area contributed by atoms with Crippen LogP contribution in [0.25, 0.3) is 10.9 Å². The predicted octanol–water partition coefficient (Wildman–Crippen LogP) is 2.58. The van der Waals surface area contributed by atoms with Gasteiger partial charge in [0.15, 0.2) is 0 Å². The number of carbonyl (C=O) groups is 1. The minimum Gasteiger partial charge on any atom is -0.507 e. The molecule has 3 aromatic rings. The van der Waals surface area contributed by atoms with E-state index in [0.717, 1.165) is 16.5 Å². The van der Waals surface area contributed by atoms with E-state index in [2.05, 4.69) is 15.5 Å². The summed E-state index contributed by atoms with van der Waals surface area (Å²) in [6, 6.07) is 10.8. The van der Waals surface area contributed by atoms with Crippen molar-refractivity contribution in [1.29, 1.82) is 0 Å². The number of hydrazone groups is 1. The molecule has 0 saturated carbocycles. The molecule has 0 aliphatic rings. The fraction of sp³-hybridized carbons (Fsp3) is 0.158. The Morgan fingerprint density at radius 2 is 2.08 bits per heavy atom. The Bertz CT molecular complexity index is 963. The minimum atomic E-state index is -0.266. The highest BCUT2D eigenvalue weighted by atomic mass is 16.5. The number of phenols is 1. The zero-order valence-electron chi connectivity index (χ0n) is 14.4. The van der Waals surface area contributed by atoms with Gasteiger partial charge in [0.1, 0.15) is 17.2 Å². The van der Waals surface area contributed by atoms with Gasteiger partial charge in [0.2, 0.25) is 5.91 Å². The number of aromatic nitrogens is 1. The third kappa shape index (κ3) is 3.61. The predicted molar refractivity (Wildman–Crippen MR) is 99.0 cm³/mol. The molecule has 0 radical (unpaired) electrons. The zero-order chi connectivity index (χ0) is 18.5. The molecule has 0 aliphatic heterocycles. The fourth-order valence-electron chi connectivity index (χ4n) is 2.66. The van der Waals surface area contributed by atoms with Crippen LogP contribution >= 0.6 is 0 Å². The van der Waals surface area contributed by atoms with Gasteiger partial charge in [-0.15, -0.1) is 0 Å². The molecule has 0 spiro atoms. The number of nitrogens with one attached hydrogen (secondary N) is 2. The molecule has 0 atom stereocenters. The van der Waals surface area contributed by atoms with Crippen LogP contribution in [0.4, 0.5) is 0 Å². The molecule has 1 aromatic heterocycles. The molecule has 7 nitrogen and oxygen atoms in total. The van der Waals surface area contributed by atoms with Crippen molar-refractivity contribution in [3.05, 3.63) is 53.7 Å². The van der Waals surface area contributed by atoms with E-state index >= 15 is 0 Å². The summed E-state index contributed by atoms with van der Waals surface area (Å²) in [4.78, 5) is 15.3. The van der Waals surface area contributed by atoms with Gasteiger partial charge in [0.25, 0.3) is 0 Å². The van der Waals surface area contributed by atoms with Crippen LogP contribution in [-0.2, 0) is 11.2 Å². The summed E-state index contributed by atoms with van der Waals surface area (Å²) >= 11 is 0. The summed E-state index contributed by atoms with van der Waals surface area (Å²) in [5, 5.41) is 15.0. The van der Waals surface area contributed by atoms with E-state index in [4.69, 9.17) is 9.47 Å². The monoisotopic (exact) mass is 353 g/mol. The number of amides is 1. The Hall–Kier alpha value is -3.48. The van der Waals surface area contributed by atoms with Crippen LogP contribution in [0.2, 0.25) is 0 Å². The summed E-state index contributed by atoms with van der Waals surface area (Å²) in [7, 11) is 2.97. The SMILES string of the molecule is COc1cc(O)c(/C=N/NC(=O)Cc2c[nH]c3ccccc23)c(OC)c1. The molecule has 0 aliphatic carbocycles. The first-order valence-electron chi connectivity index (χ1n) is 7.94. The lowest BCUT2D eigenvalue weighted by atomic mass is 10.1. The van der Waals surface area contributed by atoms with E-state index in [1.54, 1.807) is 6.07 Å². The molecule has 0 fully saturated rings. The number of benzene rings is 2. The number of methoxy groups -OCH3 is 2. The Balaban J connectivity index is 1.70. The van der Waals surface area contributed by atoms with Gasteiger partial charge >= 0.3 is 0 Å². The number of aromatic hydroxyl groups is 1. The van der Waals surface area contributed by atoms with Crippen LogP contribution in [0.3, 0.4) is 0 Å². The van der Waals surface area contributed by atoms with Crippen molar-refractivity contribution in [3.8, 4) is 17.2 Å². The van der Waals surface area contributed by atoms with Crippen molar-refractivity contribution in [2.24, 2.45) is 5.10 Å². The summed E-state index contributed by atoms with van der Waals surface area (Å²) in [5.74, 6) is 0.519. The van der Waals surface area contributed by atoms with Gasteiger partial charge < -0.3 is 19.6 Å². The summed E-state index contributed by atoms with van der Waals surface area (Å²) in [5.41, 5.74) is 4.67. The third-order valence-electron chi connectivity index (χ3n) is 3.96. The second-order valence-corrected chi connectivity index (χ2v) is 5.59. The van der Waals surface area contributed by atoms with Crippen molar-refractivity contribution >= 4 is 23.0 Å². The molecule has 2 aromatic carbocycles. The number of aromatic amines is 1. The number of carbonyl (C=O) groups excluding carboxylic acids is 1. The maximum absolute atomic E-state index is 12.1. The molecule has 26 heavy (non-hydrogen) atoms. The lowest BCUT2D eigenvalue weighted by molar-refractivity contribution is -0.120. The molecule has 0 bridgehead atoms. The van der Waals surface area contributed by atoms with Crippen LogP contribution in [0, 0.1) is 0 Å². The van der Waals surface area contributed by atoms with Crippen molar-refractivity contribution in [3.63, 3.8) is 0 Å². The van der Waals surface area contributed by atoms with Gasteiger partial charge in [-0.05, 0) is 11.6 Å². The number of rotatable bonds is 6. The second kappa shape index (κ2) is 7.60. The summed E-state index contributed by atoms with van der Waals surface area (Å²) in [6.45, 7) is 0. The van der Waals surface area contributed by atoms with E-state index in [-0.39, 0.29) is 18.1 Å². The van der Waals surface area contributed by atoms with Crippen LogP contribution in [0.5, 0.6) is 17.2 Å². The third-order valence-corrected chi connectivity index (χ3v) is 3.96. The number of nitrogens with zero attached hydrogens (tertiary/aromatic N) is 1. The lowest BCUT2D eigenvalue weighted by Crippen LogP contribution is -2.19. The van der Waals surface area contributed by atoms with Crippen molar-refractivity contribution in [2.45, 2.75) is 6.42 Å². The van der Waals surface area contributed by atoms with Crippen molar-refractivity contribution in [2.75, 3.05) is 14.2 Å². The van der Waals surface area contributed by atoms with Crippen LogP contribution in [0.15, 0.2) is 47.7 Å². The number of fused-ring (bicyclic) bond motifs is 1. The average Bonchev–Trinajstić information content (AvgIpc) is 3.05. The van der Waals surface area contributed by atoms with E-state index < -0.39 is 0 Å². The van der Waals surface area contributed by atoms with E-state index in [9.17, 15) is 9.90 Å². The maximum Gasteiger partial charge on any atom is 0.244 e. The second-order valence-electron chi connectivity index (χ2n) is 5.59. The summed E-state index contributed by atoms with van der Waals surface area (Å²) < 4.78 is 10.3.